The first-order valence-corrected chi connectivity index (χ1v) is 3.70. The molecule has 0 radical (unpaired) electrons. The second-order valence-electron chi connectivity index (χ2n) is 2.40. The zero-order valence-electron chi connectivity index (χ0n) is 7.33. The predicted molar refractivity (Wildman–Crippen MR) is 43.8 cm³/mol. The van der Waals surface area contributed by atoms with E-state index < -0.39 is 6.09 Å². The maximum atomic E-state index is 10.8. The lowest BCUT2D eigenvalue weighted by Gasteiger charge is -2.03. The number of carbonyl (C=O) groups excluding carboxylic acids is 3. The van der Waals surface area contributed by atoms with Crippen LogP contribution in [0.4, 0.5) is 4.79 Å². The van der Waals surface area contributed by atoms with Crippen molar-refractivity contribution in [1.82, 2.24) is 5.32 Å². The fourth-order valence-electron chi connectivity index (χ4n) is 0.631. The van der Waals surface area contributed by atoms with E-state index in [1.807, 2.05) is 0 Å². The monoisotopic (exact) mass is 188 g/mol. The van der Waals surface area contributed by atoms with Crippen LogP contribution in [0.5, 0.6) is 0 Å². The van der Waals surface area contributed by atoms with Crippen LogP contribution in [0.25, 0.3) is 0 Å². The van der Waals surface area contributed by atoms with Gasteiger partial charge < -0.3 is 15.8 Å². The van der Waals surface area contributed by atoms with Gasteiger partial charge >= 0.3 is 6.09 Å². The van der Waals surface area contributed by atoms with Crippen molar-refractivity contribution in [2.24, 2.45) is 5.73 Å². The Bertz CT molecular complexity index is 215. The summed E-state index contributed by atoms with van der Waals surface area (Å²) in [7, 11) is 0. The molecule has 0 unspecified atom stereocenters. The Morgan fingerprint density at radius 3 is 2.46 bits per heavy atom. The molecule has 0 aromatic rings. The number of Topliss-reactive ketones (excluding diaryl/α,β-unsaturated/α-hetero) is 1. The molecule has 2 amide bonds. The van der Waals surface area contributed by atoms with Crippen molar-refractivity contribution < 1.29 is 19.1 Å². The molecule has 0 aromatic carbocycles. The number of ether oxygens (including phenoxy) is 1. The number of ketones is 1. The molecule has 13 heavy (non-hydrogen) atoms. The van der Waals surface area contributed by atoms with Gasteiger partial charge in [-0.1, -0.05) is 0 Å². The minimum absolute atomic E-state index is 0.0129. The van der Waals surface area contributed by atoms with E-state index in [9.17, 15) is 14.4 Å². The highest BCUT2D eigenvalue weighted by Crippen LogP contribution is 1.81. The molecule has 0 saturated carbocycles. The fraction of sp³-hybridized carbons (Fsp3) is 0.571. The van der Waals surface area contributed by atoms with Crippen molar-refractivity contribution >= 4 is 17.8 Å². The summed E-state index contributed by atoms with van der Waals surface area (Å²) in [6.45, 7) is 1.49. The number of nitrogens with two attached hydrogens (primary N) is 1. The summed E-state index contributed by atoms with van der Waals surface area (Å²) < 4.78 is 4.34. The lowest BCUT2D eigenvalue weighted by Crippen LogP contribution is -2.29. The maximum Gasteiger partial charge on any atom is 0.404 e. The van der Waals surface area contributed by atoms with Crippen molar-refractivity contribution in [3.05, 3.63) is 0 Å². The summed E-state index contributed by atoms with van der Waals surface area (Å²) in [5.74, 6) is -0.603. The number of hydrogen-bond acceptors (Lipinski definition) is 4. The first-order chi connectivity index (χ1) is 6.02. The fourth-order valence-corrected chi connectivity index (χ4v) is 0.631. The average molecular weight is 188 g/mol. The number of carbonyl (C=O) groups is 3. The summed E-state index contributed by atoms with van der Waals surface area (Å²) in [5.41, 5.74) is 4.66. The molecule has 0 bridgehead atoms. The smallest absolute Gasteiger partial charge is 0.404 e. The van der Waals surface area contributed by atoms with Crippen LogP contribution < -0.4 is 11.1 Å². The van der Waals surface area contributed by atoms with Gasteiger partial charge in [0.25, 0.3) is 0 Å². The van der Waals surface area contributed by atoms with Crippen molar-refractivity contribution in [2.75, 3.05) is 13.2 Å². The molecule has 0 aliphatic rings. The highest BCUT2D eigenvalue weighted by molar-refractivity contribution is 5.96. The first-order valence-electron chi connectivity index (χ1n) is 3.70. The van der Waals surface area contributed by atoms with Crippen molar-refractivity contribution in [1.29, 1.82) is 0 Å². The Kier molecular flexibility index (Phi) is 5.25. The lowest BCUT2D eigenvalue weighted by atomic mass is 10.3. The summed E-state index contributed by atoms with van der Waals surface area (Å²) >= 11 is 0. The summed E-state index contributed by atoms with van der Waals surface area (Å²) in [5, 5.41) is 2.38. The quantitative estimate of drug-likeness (QED) is 0.435. The third-order valence-corrected chi connectivity index (χ3v) is 1.08. The molecular formula is C7H12N2O4. The SMILES string of the molecule is CC(=O)CC(=O)NCCOC(N)=O. The number of nitrogens with one attached hydrogen (secondary N) is 1. The van der Waals surface area contributed by atoms with Crippen LogP contribution in [0.3, 0.4) is 0 Å². The second kappa shape index (κ2) is 5.99. The van der Waals surface area contributed by atoms with Gasteiger partial charge in [-0.25, -0.2) is 4.79 Å². The third-order valence-electron chi connectivity index (χ3n) is 1.08. The average Bonchev–Trinajstić information content (AvgIpc) is 1.96. The number of rotatable bonds is 5. The normalized spacial score (nSPS) is 9.00. The van der Waals surface area contributed by atoms with Gasteiger partial charge in [0.2, 0.25) is 5.91 Å². The van der Waals surface area contributed by atoms with Crippen LogP contribution in [0, 0.1) is 0 Å². The van der Waals surface area contributed by atoms with Gasteiger partial charge in [0, 0.05) is 0 Å². The molecule has 0 fully saturated rings. The highest BCUT2D eigenvalue weighted by atomic mass is 16.5. The van der Waals surface area contributed by atoms with Crippen molar-refractivity contribution in [3.8, 4) is 0 Å². The Morgan fingerprint density at radius 1 is 1.38 bits per heavy atom. The van der Waals surface area contributed by atoms with Crippen LogP contribution in [0.15, 0.2) is 0 Å². The molecule has 0 heterocycles. The van der Waals surface area contributed by atoms with E-state index in [-0.39, 0.29) is 31.3 Å². The molecule has 0 aromatic heterocycles. The molecule has 0 aliphatic heterocycles. The zero-order valence-corrected chi connectivity index (χ0v) is 7.33. The van der Waals surface area contributed by atoms with E-state index >= 15 is 0 Å². The van der Waals surface area contributed by atoms with E-state index in [1.54, 1.807) is 0 Å². The Balaban J connectivity index is 3.37. The molecule has 74 valence electrons. The van der Waals surface area contributed by atoms with Crippen molar-refractivity contribution in [2.45, 2.75) is 13.3 Å². The van der Waals surface area contributed by atoms with Crippen LogP contribution in [0.2, 0.25) is 0 Å². The Morgan fingerprint density at radius 2 is 2.00 bits per heavy atom. The van der Waals surface area contributed by atoms with Gasteiger partial charge in [-0.05, 0) is 6.92 Å². The third kappa shape index (κ3) is 8.32. The van der Waals surface area contributed by atoms with E-state index in [2.05, 4.69) is 15.8 Å². The Labute approximate surface area is 75.4 Å². The molecule has 6 heteroatoms. The predicted octanol–water partition coefficient (Wildman–Crippen LogP) is -0.823. The standard InChI is InChI=1S/C7H12N2O4/c1-5(10)4-6(11)9-2-3-13-7(8)12/h2-4H2,1H3,(H2,8,12)(H,9,11). The topological polar surface area (TPSA) is 98.5 Å². The minimum Gasteiger partial charge on any atom is -0.448 e. The molecular weight excluding hydrogens is 176 g/mol. The van der Waals surface area contributed by atoms with Crippen molar-refractivity contribution in [3.63, 3.8) is 0 Å². The van der Waals surface area contributed by atoms with Gasteiger partial charge in [0.1, 0.15) is 12.4 Å². The summed E-state index contributed by atoms with van der Waals surface area (Å²) in [6, 6.07) is 0. The molecule has 0 aliphatic carbocycles. The van der Waals surface area contributed by atoms with E-state index in [1.165, 1.54) is 6.92 Å². The maximum absolute atomic E-state index is 10.8. The molecule has 0 atom stereocenters. The minimum atomic E-state index is -0.888. The van der Waals surface area contributed by atoms with Gasteiger partial charge in [-0.15, -0.1) is 0 Å². The highest BCUT2D eigenvalue weighted by Gasteiger charge is 2.03. The van der Waals surface area contributed by atoms with Crippen LogP contribution >= 0.6 is 0 Å². The number of hydrogen-bond donors (Lipinski definition) is 2. The van der Waals surface area contributed by atoms with Gasteiger partial charge in [0.05, 0.1) is 13.0 Å². The number of amides is 2. The van der Waals surface area contributed by atoms with Gasteiger partial charge in [0.15, 0.2) is 0 Å². The van der Waals surface area contributed by atoms with E-state index in [0.717, 1.165) is 0 Å². The van der Waals surface area contributed by atoms with Gasteiger partial charge in [-0.2, -0.15) is 0 Å². The van der Waals surface area contributed by atoms with E-state index in [4.69, 9.17) is 0 Å². The Hall–Kier alpha value is -1.59. The second-order valence-corrected chi connectivity index (χ2v) is 2.40. The summed E-state index contributed by atoms with van der Waals surface area (Å²) in [4.78, 5) is 31.3. The lowest BCUT2D eigenvalue weighted by molar-refractivity contribution is -0.127. The molecule has 6 nitrogen and oxygen atoms in total. The van der Waals surface area contributed by atoms with Gasteiger partial charge in [-0.3, -0.25) is 9.59 Å². The zero-order chi connectivity index (χ0) is 10.3. The molecule has 0 rings (SSSR count). The first kappa shape index (κ1) is 11.4. The van der Waals surface area contributed by atoms with Crippen LogP contribution in [-0.2, 0) is 14.3 Å². The molecule has 0 spiro atoms. The molecule has 3 N–H and O–H groups in total. The van der Waals surface area contributed by atoms with E-state index in [0.29, 0.717) is 0 Å². The van der Waals surface area contributed by atoms with Crippen LogP contribution in [0.1, 0.15) is 13.3 Å². The number of primary amides is 1. The largest absolute Gasteiger partial charge is 0.448 e. The summed E-state index contributed by atoms with van der Waals surface area (Å²) in [6.07, 6.45) is -1.04. The molecule has 0 saturated heterocycles. The van der Waals surface area contributed by atoms with Crippen LogP contribution in [-0.4, -0.2) is 30.9 Å².